The van der Waals surface area contributed by atoms with Crippen molar-refractivity contribution < 1.29 is 4.74 Å². The predicted octanol–water partition coefficient (Wildman–Crippen LogP) is 3.22. The maximum absolute atomic E-state index is 5.66. The van der Waals surface area contributed by atoms with Crippen molar-refractivity contribution in [3.63, 3.8) is 0 Å². The van der Waals surface area contributed by atoms with Gasteiger partial charge in [-0.25, -0.2) is 4.98 Å². The van der Waals surface area contributed by atoms with Crippen molar-refractivity contribution in [2.45, 2.75) is 33.0 Å². The smallest absolute Gasteiger partial charge is 0.140 e. The van der Waals surface area contributed by atoms with E-state index in [2.05, 4.69) is 24.1 Å². The molecule has 4 heteroatoms. The largest absolute Gasteiger partial charge is 0.486 e. The summed E-state index contributed by atoms with van der Waals surface area (Å²) in [5.41, 5.74) is 0. The topological polar surface area (TPSA) is 34.2 Å². The van der Waals surface area contributed by atoms with Gasteiger partial charge >= 0.3 is 0 Å². The lowest BCUT2D eigenvalue weighted by Gasteiger charge is -2.05. The molecule has 2 aromatic rings. The highest BCUT2D eigenvalue weighted by Gasteiger charge is 2.03. The van der Waals surface area contributed by atoms with Crippen LogP contribution in [0.25, 0.3) is 0 Å². The van der Waals surface area contributed by atoms with Crippen LogP contribution in [0.15, 0.2) is 36.5 Å². The third-order valence-corrected chi connectivity index (χ3v) is 3.36. The summed E-state index contributed by atoms with van der Waals surface area (Å²) in [4.78, 5) is 5.61. The van der Waals surface area contributed by atoms with Crippen LogP contribution >= 0.6 is 11.3 Å². The van der Waals surface area contributed by atoms with Crippen LogP contribution in [0.3, 0.4) is 0 Å². The average Bonchev–Trinajstić information content (AvgIpc) is 2.83. The maximum Gasteiger partial charge on any atom is 0.140 e. The first kappa shape index (κ1) is 13.1. The molecule has 0 fully saturated rings. The van der Waals surface area contributed by atoms with Crippen LogP contribution in [-0.4, -0.2) is 11.0 Å². The minimum absolute atomic E-state index is 0.496. The SMILES string of the molecule is CC(C)NCc1cnc(COc2ccccc2)s1. The van der Waals surface area contributed by atoms with Gasteiger partial charge in [-0.15, -0.1) is 11.3 Å². The molecule has 0 spiro atoms. The summed E-state index contributed by atoms with van der Waals surface area (Å²) in [7, 11) is 0. The van der Waals surface area contributed by atoms with Crippen molar-refractivity contribution in [1.82, 2.24) is 10.3 Å². The second-order valence-corrected chi connectivity index (χ2v) is 5.56. The van der Waals surface area contributed by atoms with Gasteiger partial charge in [-0.05, 0) is 12.1 Å². The molecule has 0 unspecified atom stereocenters. The number of aromatic nitrogens is 1. The highest BCUT2D eigenvalue weighted by Crippen LogP contribution is 2.16. The molecule has 0 atom stereocenters. The van der Waals surface area contributed by atoms with Crippen LogP contribution in [-0.2, 0) is 13.2 Å². The van der Waals surface area contributed by atoms with Crippen LogP contribution in [0.5, 0.6) is 5.75 Å². The molecule has 1 aromatic heterocycles. The summed E-state index contributed by atoms with van der Waals surface area (Å²) in [5, 5.41) is 4.39. The number of thiazole rings is 1. The van der Waals surface area contributed by atoms with Gasteiger partial charge in [0.2, 0.25) is 0 Å². The third kappa shape index (κ3) is 4.13. The van der Waals surface area contributed by atoms with Crippen molar-refractivity contribution in [3.8, 4) is 5.75 Å². The summed E-state index contributed by atoms with van der Waals surface area (Å²) in [6.07, 6.45) is 1.92. The van der Waals surface area contributed by atoms with E-state index in [1.165, 1.54) is 4.88 Å². The minimum atomic E-state index is 0.496. The van der Waals surface area contributed by atoms with Crippen LogP contribution in [0.2, 0.25) is 0 Å². The summed E-state index contributed by atoms with van der Waals surface area (Å²) in [6, 6.07) is 10.3. The Bertz CT molecular complexity index is 468. The molecular formula is C14H18N2OS. The zero-order chi connectivity index (χ0) is 12.8. The summed E-state index contributed by atoms with van der Waals surface area (Å²) < 4.78 is 5.66. The number of hydrogen-bond donors (Lipinski definition) is 1. The standard InChI is InChI=1S/C14H18N2OS/c1-11(2)15-8-13-9-16-14(18-13)10-17-12-6-4-3-5-7-12/h3-7,9,11,15H,8,10H2,1-2H3. The zero-order valence-electron chi connectivity index (χ0n) is 10.7. The average molecular weight is 262 g/mol. The molecular weight excluding hydrogens is 244 g/mol. The van der Waals surface area contributed by atoms with Gasteiger partial charge in [-0.1, -0.05) is 32.0 Å². The Balaban J connectivity index is 1.83. The van der Waals surface area contributed by atoms with Crippen molar-refractivity contribution in [2.75, 3.05) is 0 Å². The van der Waals surface area contributed by atoms with Gasteiger partial charge in [-0.3, -0.25) is 0 Å². The molecule has 3 nitrogen and oxygen atoms in total. The van der Waals surface area contributed by atoms with Gasteiger partial charge in [0.25, 0.3) is 0 Å². The van der Waals surface area contributed by atoms with E-state index in [9.17, 15) is 0 Å². The lowest BCUT2D eigenvalue weighted by molar-refractivity contribution is 0.305. The van der Waals surface area contributed by atoms with Gasteiger partial charge in [0, 0.05) is 23.7 Å². The fraction of sp³-hybridized carbons (Fsp3) is 0.357. The number of hydrogen-bond acceptors (Lipinski definition) is 4. The molecule has 0 aliphatic rings. The monoisotopic (exact) mass is 262 g/mol. The van der Waals surface area contributed by atoms with Crippen LogP contribution < -0.4 is 10.1 Å². The Labute approximate surface area is 112 Å². The van der Waals surface area contributed by atoms with E-state index >= 15 is 0 Å². The lowest BCUT2D eigenvalue weighted by Crippen LogP contribution is -2.21. The van der Waals surface area contributed by atoms with Crippen molar-refractivity contribution in [1.29, 1.82) is 0 Å². The van der Waals surface area contributed by atoms with E-state index in [1.54, 1.807) is 11.3 Å². The van der Waals surface area contributed by atoms with E-state index in [4.69, 9.17) is 4.74 Å². The number of nitrogens with one attached hydrogen (secondary N) is 1. The Morgan fingerprint density at radius 2 is 2.06 bits per heavy atom. The summed E-state index contributed by atoms with van der Waals surface area (Å²) >= 11 is 1.70. The molecule has 1 aromatic carbocycles. The van der Waals surface area contributed by atoms with E-state index in [0.29, 0.717) is 12.6 Å². The first-order chi connectivity index (χ1) is 8.74. The Hall–Kier alpha value is -1.39. The normalized spacial score (nSPS) is 10.8. The highest BCUT2D eigenvalue weighted by molar-refractivity contribution is 7.11. The second kappa shape index (κ2) is 6.52. The first-order valence-corrected chi connectivity index (χ1v) is 6.90. The molecule has 2 rings (SSSR count). The van der Waals surface area contributed by atoms with Gasteiger partial charge in [0.15, 0.2) is 0 Å². The Morgan fingerprint density at radius 1 is 1.28 bits per heavy atom. The lowest BCUT2D eigenvalue weighted by atomic mass is 10.3. The molecule has 0 aliphatic heterocycles. The quantitative estimate of drug-likeness (QED) is 0.868. The summed E-state index contributed by atoms with van der Waals surface area (Å²) in [5.74, 6) is 0.884. The third-order valence-electron chi connectivity index (χ3n) is 2.39. The molecule has 0 amide bonds. The first-order valence-electron chi connectivity index (χ1n) is 6.09. The van der Waals surface area contributed by atoms with E-state index in [0.717, 1.165) is 17.3 Å². The molecule has 1 N–H and O–H groups in total. The zero-order valence-corrected chi connectivity index (χ0v) is 11.5. The molecule has 0 bridgehead atoms. The van der Waals surface area contributed by atoms with Crippen LogP contribution in [0.4, 0.5) is 0 Å². The van der Waals surface area contributed by atoms with E-state index in [-0.39, 0.29) is 0 Å². The molecule has 0 saturated carbocycles. The molecule has 0 aliphatic carbocycles. The second-order valence-electron chi connectivity index (χ2n) is 4.36. The van der Waals surface area contributed by atoms with Crippen molar-refractivity contribution in [2.24, 2.45) is 0 Å². The summed E-state index contributed by atoms with van der Waals surface area (Å²) in [6.45, 7) is 5.69. The minimum Gasteiger partial charge on any atom is -0.486 e. The highest BCUT2D eigenvalue weighted by atomic mass is 32.1. The van der Waals surface area contributed by atoms with Gasteiger partial charge in [0.1, 0.15) is 17.4 Å². The number of para-hydroxylation sites is 1. The van der Waals surface area contributed by atoms with Gasteiger partial charge in [-0.2, -0.15) is 0 Å². The van der Waals surface area contributed by atoms with Crippen LogP contribution in [0, 0.1) is 0 Å². The molecule has 96 valence electrons. The molecule has 18 heavy (non-hydrogen) atoms. The van der Waals surface area contributed by atoms with Gasteiger partial charge < -0.3 is 10.1 Å². The number of benzene rings is 1. The molecule has 0 saturated heterocycles. The fourth-order valence-electron chi connectivity index (χ4n) is 1.46. The van der Waals surface area contributed by atoms with Gasteiger partial charge in [0.05, 0.1) is 0 Å². The van der Waals surface area contributed by atoms with Crippen LogP contribution in [0.1, 0.15) is 23.7 Å². The van der Waals surface area contributed by atoms with E-state index < -0.39 is 0 Å². The van der Waals surface area contributed by atoms with Crippen molar-refractivity contribution in [3.05, 3.63) is 46.4 Å². The maximum atomic E-state index is 5.66. The fourth-order valence-corrected chi connectivity index (χ4v) is 2.25. The number of nitrogens with zero attached hydrogens (tertiary/aromatic N) is 1. The van der Waals surface area contributed by atoms with Crippen molar-refractivity contribution >= 4 is 11.3 Å². The Kier molecular flexibility index (Phi) is 4.73. The number of ether oxygens (including phenoxy) is 1. The predicted molar refractivity (Wildman–Crippen MR) is 74.9 cm³/mol. The molecule has 0 radical (unpaired) electrons. The number of rotatable bonds is 6. The molecule has 1 heterocycles. The van der Waals surface area contributed by atoms with E-state index in [1.807, 2.05) is 36.5 Å². The Morgan fingerprint density at radius 3 is 2.78 bits per heavy atom.